The molecule has 7 heteroatoms. The molecule has 1 saturated carbocycles. The van der Waals surface area contributed by atoms with E-state index in [1.165, 1.54) is 0 Å². The summed E-state index contributed by atoms with van der Waals surface area (Å²) in [6.07, 6.45) is 5.04. The molecule has 0 bridgehead atoms. The van der Waals surface area contributed by atoms with Crippen LogP contribution in [0.5, 0.6) is 0 Å². The number of rotatable bonds is 4. The number of hydrogen-bond acceptors (Lipinski definition) is 4. The summed E-state index contributed by atoms with van der Waals surface area (Å²) >= 11 is 0. The lowest BCUT2D eigenvalue weighted by atomic mass is 10.2. The smallest absolute Gasteiger partial charge is 0.334 e. The van der Waals surface area contributed by atoms with Crippen LogP contribution < -0.4 is 0 Å². The van der Waals surface area contributed by atoms with Crippen molar-refractivity contribution in [1.82, 2.24) is 14.4 Å². The normalized spacial score (nSPS) is 19.6. The van der Waals surface area contributed by atoms with Gasteiger partial charge in [0.2, 0.25) is 0 Å². The van der Waals surface area contributed by atoms with E-state index in [1.807, 2.05) is 0 Å². The minimum atomic E-state index is -0.903. The molecule has 22 heavy (non-hydrogen) atoms. The van der Waals surface area contributed by atoms with Gasteiger partial charge < -0.3 is 4.57 Å². The highest BCUT2D eigenvalue weighted by Crippen LogP contribution is 2.27. The Hall–Kier alpha value is -2.44. The van der Waals surface area contributed by atoms with Gasteiger partial charge in [0, 0.05) is 19.3 Å². The largest absolute Gasteiger partial charge is 0.348 e. The molecule has 0 atom stereocenters. The van der Waals surface area contributed by atoms with E-state index in [-0.39, 0.29) is 11.8 Å². The number of ketones is 1. The number of nitrogens with zero attached hydrogens (tertiary/aromatic N) is 3. The van der Waals surface area contributed by atoms with Crippen LogP contribution in [-0.4, -0.2) is 50.6 Å². The quantitative estimate of drug-likeness (QED) is 0.471. The molecule has 0 N–H and O–H groups in total. The number of carbonyl (C=O) groups is 4. The van der Waals surface area contributed by atoms with E-state index in [9.17, 15) is 19.2 Å². The maximum atomic E-state index is 12.4. The molecule has 2 aliphatic rings. The van der Waals surface area contributed by atoms with Crippen LogP contribution in [0.15, 0.2) is 18.3 Å². The molecule has 1 saturated heterocycles. The van der Waals surface area contributed by atoms with E-state index >= 15 is 0 Å². The SMILES string of the molecule is Cn1cccc1C(=O)CN1C(=O)C(=O)N(C2CCCC2)C1=O. The van der Waals surface area contributed by atoms with Gasteiger partial charge in [0.15, 0.2) is 5.78 Å². The molecular weight excluding hydrogens is 286 g/mol. The lowest BCUT2D eigenvalue weighted by Gasteiger charge is -2.20. The second kappa shape index (κ2) is 5.40. The molecule has 2 heterocycles. The fourth-order valence-corrected chi connectivity index (χ4v) is 3.12. The molecule has 1 aromatic heterocycles. The Bertz CT molecular complexity index is 657. The molecule has 7 nitrogen and oxygen atoms in total. The number of carbonyl (C=O) groups excluding carboxylic acids is 4. The lowest BCUT2D eigenvalue weighted by molar-refractivity contribution is -0.143. The Kier molecular flexibility index (Phi) is 3.56. The predicted molar refractivity (Wildman–Crippen MR) is 76.0 cm³/mol. The van der Waals surface area contributed by atoms with Crippen LogP contribution in [0.25, 0.3) is 0 Å². The zero-order valence-electron chi connectivity index (χ0n) is 12.3. The zero-order chi connectivity index (χ0) is 15.9. The van der Waals surface area contributed by atoms with E-state index in [0.717, 1.165) is 35.5 Å². The number of Topliss-reactive ketones (excluding diaryl/α,β-unsaturated/α-hetero) is 1. The van der Waals surface area contributed by atoms with Crippen LogP contribution in [-0.2, 0) is 16.6 Å². The first-order valence-electron chi connectivity index (χ1n) is 7.34. The molecule has 0 aromatic carbocycles. The molecule has 1 aromatic rings. The number of imide groups is 2. The van der Waals surface area contributed by atoms with E-state index < -0.39 is 24.4 Å². The molecule has 0 unspecified atom stereocenters. The standard InChI is InChI=1S/C15H17N3O4/c1-16-8-4-7-11(16)12(19)9-17-13(20)14(21)18(15(17)22)10-5-2-3-6-10/h4,7-8,10H,2-3,5-6,9H2,1H3. The monoisotopic (exact) mass is 303 g/mol. The number of amides is 4. The number of urea groups is 1. The van der Waals surface area contributed by atoms with Gasteiger partial charge >= 0.3 is 17.8 Å². The maximum absolute atomic E-state index is 12.4. The van der Waals surface area contributed by atoms with Gasteiger partial charge in [0.05, 0.1) is 12.2 Å². The maximum Gasteiger partial charge on any atom is 0.334 e. The van der Waals surface area contributed by atoms with Crippen molar-refractivity contribution < 1.29 is 19.2 Å². The second-order valence-corrected chi connectivity index (χ2v) is 5.71. The third-order valence-corrected chi connectivity index (χ3v) is 4.30. The summed E-state index contributed by atoms with van der Waals surface area (Å²) in [6, 6.07) is 2.45. The van der Waals surface area contributed by atoms with E-state index in [2.05, 4.69) is 0 Å². The molecule has 0 spiro atoms. The highest BCUT2D eigenvalue weighted by atomic mass is 16.2. The number of hydrogen-bond donors (Lipinski definition) is 0. The first-order chi connectivity index (χ1) is 10.5. The van der Waals surface area contributed by atoms with Crippen molar-refractivity contribution in [2.75, 3.05) is 6.54 Å². The van der Waals surface area contributed by atoms with Crippen LogP contribution in [0.3, 0.4) is 0 Å². The Morgan fingerprint density at radius 1 is 1.18 bits per heavy atom. The van der Waals surface area contributed by atoms with Gasteiger partial charge in [0.1, 0.15) is 0 Å². The summed E-state index contributed by atoms with van der Waals surface area (Å²) in [5, 5.41) is 0. The zero-order valence-corrected chi connectivity index (χ0v) is 12.3. The van der Waals surface area contributed by atoms with Crippen molar-refractivity contribution in [3.63, 3.8) is 0 Å². The topological polar surface area (TPSA) is 79.7 Å². The van der Waals surface area contributed by atoms with Gasteiger partial charge in [-0.15, -0.1) is 0 Å². The van der Waals surface area contributed by atoms with Crippen molar-refractivity contribution in [1.29, 1.82) is 0 Å². The van der Waals surface area contributed by atoms with Crippen LogP contribution in [0, 0.1) is 0 Å². The van der Waals surface area contributed by atoms with Crippen molar-refractivity contribution in [2.24, 2.45) is 7.05 Å². The minimum Gasteiger partial charge on any atom is -0.348 e. The molecule has 1 aliphatic heterocycles. The van der Waals surface area contributed by atoms with E-state index in [1.54, 1.807) is 29.9 Å². The van der Waals surface area contributed by atoms with Gasteiger partial charge in [-0.1, -0.05) is 12.8 Å². The molecule has 1 aliphatic carbocycles. The van der Waals surface area contributed by atoms with Gasteiger partial charge in [-0.25, -0.2) is 9.69 Å². The Labute approximate surface area is 127 Å². The average Bonchev–Trinajstić information content (AvgIpc) is 3.18. The highest BCUT2D eigenvalue weighted by molar-refractivity contribution is 6.45. The summed E-state index contributed by atoms with van der Waals surface area (Å²) in [7, 11) is 1.71. The Morgan fingerprint density at radius 2 is 1.86 bits per heavy atom. The third kappa shape index (κ3) is 2.22. The number of aromatic nitrogens is 1. The molecule has 0 radical (unpaired) electrons. The average molecular weight is 303 g/mol. The van der Waals surface area contributed by atoms with Crippen LogP contribution in [0.1, 0.15) is 36.2 Å². The van der Waals surface area contributed by atoms with Crippen molar-refractivity contribution in [2.45, 2.75) is 31.7 Å². The summed E-state index contributed by atoms with van der Waals surface area (Å²) in [6.45, 7) is -0.398. The van der Waals surface area contributed by atoms with Crippen LogP contribution in [0.2, 0.25) is 0 Å². The second-order valence-electron chi connectivity index (χ2n) is 5.71. The van der Waals surface area contributed by atoms with Gasteiger partial charge in [-0.05, 0) is 25.0 Å². The molecular formula is C15H17N3O4. The molecule has 4 amide bonds. The fraction of sp³-hybridized carbons (Fsp3) is 0.467. The van der Waals surface area contributed by atoms with Gasteiger partial charge in [-0.2, -0.15) is 0 Å². The van der Waals surface area contributed by atoms with Crippen molar-refractivity contribution in [3.05, 3.63) is 24.0 Å². The fourth-order valence-electron chi connectivity index (χ4n) is 3.12. The lowest BCUT2D eigenvalue weighted by Crippen LogP contribution is -2.41. The first-order valence-corrected chi connectivity index (χ1v) is 7.34. The van der Waals surface area contributed by atoms with Gasteiger partial charge in [0.25, 0.3) is 0 Å². The summed E-state index contributed by atoms with van der Waals surface area (Å²) in [5.41, 5.74) is 0.396. The highest BCUT2D eigenvalue weighted by Gasteiger charge is 2.48. The Balaban J connectivity index is 1.78. The summed E-state index contributed by atoms with van der Waals surface area (Å²) < 4.78 is 1.61. The van der Waals surface area contributed by atoms with Crippen molar-refractivity contribution in [3.8, 4) is 0 Å². The molecule has 2 fully saturated rings. The van der Waals surface area contributed by atoms with Crippen LogP contribution in [0.4, 0.5) is 4.79 Å². The van der Waals surface area contributed by atoms with Crippen molar-refractivity contribution >= 4 is 23.6 Å². The molecule has 3 rings (SSSR count). The molecule has 116 valence electrons. The predicted octanol–water partition coefficient (Wildman–Crippen LogP) is 0.941. The minimum absolute atomic E-state index is 0.209. The third-order valence-electron chi connectivity index (χ3n) is 4.30. The van der Waals surface area contributed by atoms with Crippen LogP contribution >= 0.6 is 0 Å². The van der Waals surface area contributed by atoms with Gasteiger partial charge in [-0.3, -0.25) is 19.3 Å². The van der Waals surface area contributed by atoms with E-state index in [0.29, 0.717) is 5.69 Å². The first kappa shape index (κ1) is 14.5. The number of aryl methyl sites for hydroxylation is 1. The Morgan fingerprint density at radius 3 is 2.45 bits per heavy atom. The summed E-state index contributed by atoms with van der Waals surface area (Å²) in [5.74, 6) is -2.08. The summed E-state index contributed by atoms with van der Waals surface area (Å²) in [4.78, 5) is 50.4. The van der Waals surface area contributed by atoms with E-state index in [4.69, 9.17) is 0 Å².